The third-order valence-electron chi connectivity index (χ3n) is 6.21. The van der Waals surface area contributed by atoms with Gasteiger partial charge in [-0.05, 0) is 72.7 Å². The lowest BCUT2D eigenvalue weighted by molar-refractivity contribution is -0.137. The molecule has 0 saturated heterocycles. The highest BCUT2D eigenvalue weighted by Gasteiger charge is 2.42. The van der Waals surface area contributed by atoms with Crippen molar-refractivity contribution in [2.75, 3.05) is 0 Å². The summed E-state index contributed by atoms with van der Waals surface area (Å²) in [4.78, 5) is 8.14. The average Bonchev–Trinajstić information content (AvgIpc) is 3.44. The van der Waals surface area contributed by atoms with Crippen molar-refractivity contribution < 1.29 is 18.3 Å². The number of hydrogen-bond acceptors (Lipinski definition) is 2. The molecular weight excluding hydrogens is 413 g/mol. The fourth-order valence-electron chi connectivity index (χ4n) is 4.43. The quantitative estimate of drug-likeness (QED) is 0.372. The molecule has 2 N–H and O–H groups in total. The summed E-state index contributed by atoms with van der Waals surface area (Å²) in [5.74, 6) is 1.21. The van der Waals surface area contributed by atoms with E-state index in [4.69, 9.17) is 4.98 Å². The average molecular weight is 436 g/mol. The van der Waals surface area contributed by atoms with Crippen molar-refractivity contribution in [3.8, 4) is 11.1 Å². The Morgan fingerprint density at radius 1 is 0.938 bits per heavy atom. The lowest BCUT2D eigenvalue weighted by Crippen LogP contribution is -2.16. The number of aromatic amines is 1. The Labute approximate surface area is 183 Å². The molecule has 3 nitrogen and oxygen atoms in total. The van der Waals surface area contributed by atoms with Gasteiger partial charge in [0.25, 0.3) is 0 Å². The number of aliphatic hydroxyl groups is 1. The van der Waals surface area contributed by atoms with Crippen molar-refractivity contribution in [1.29, 1.82) is 0 Å². The summed E-state index contributed by atoms with van der Waals surface area (Å²) >= 11 is 0. The molecule has 1 aliphatic rings. The van der Waals surface area contributed by atoms with Crippen LogP contribution < -0.4 is 0 Å². The summed E-state index contributed by atoms with van der Waals surface area (Å²) < 4.78 is 38.4. The zero-order chi connectivity index (χ0) is 22.7. The van der Waals surface area contributed by atoms with E-state index in [9.17, 15) is 18.3 Å². The number of hydrogen-bond donors (Lipinski definition) is 2. The molecular formula is C26H23F3N2O. The molecule has 1 aromatic heterocycles. The van der Waals surface area contributed by atoms with Gasteiger partial charge in [-0.2, -0.15) is 13.2 Å². The largest absolute Gasteiger partial charge is 0.416 e. The van der Waals surface area contributed by atoms with E-state index < -0.39 is 17.3 Å². The first-order valence-corrected chi connectivity index (χ1v) is 10.6. The Balaban J connectivity index is 1.42. The highest BCUT2D eigenvalue weighted by molar-refractivity contribution is 5.83. The molecule has 0 unspecified atom stereocenters. The van der Waals surface area contributed by atoms with Crippen molar-refractivity contribution >= 4 is 11.0 Å². The SMILES string of the molecule is CC(C)(O)c1ccccc1-c1ccc2nc([C@@H]3C[C@@H]3c3ccc(C(F)(F)F)cc3)[nH]c2c1. The van der Waals surface area contributed by atoms with Crippen LogP contribution in [0.4, 0.5) is 13.2 Å². The molecule has 1 saturated carbocycles. The molecule has 2 atom stereocenters. The van der Waals surface area contributed by atoms with Crippen LogP contribution in [0, 0.1) is 0 Å². The number of fused-ring (bicyclic) bond motifs is 1. The second-order valence-electron chi connectivity index (χ2n) is 9.03. The van der Waals surface area contributed by atoms with Crippen molar-refractivity contribution in [3.05, 3.63) is 89.2 Å². The number of rotatable bonds is 4. The molecule has 5 rings (SSSR count). The summed E-state index contributed by atoms with van der Waals surface area (Å²) in [6.07, 6.45) is -3.46. The monoisotopic (exact) mass is 436 g/mol. The van der Waals surface area contributed by atoms with Crippen LogP contribution >= 0.6 is 0 Å². The number of aromatic nitrogens is 2. The standard InChI is InChI=1S/C26H23F3N2O/c1-25(2,32)21-6-4-3-5-18(21)16-9-12-22-23(13-16)31-24(30-22)20-14-19(20)15-7-10-17(11-8-15)26(27,28)29/h3-13,19-20,32H,14H2,1-2H3,(H,30,31)/t19-,20-/m1/s1. The van der Waals surface area contributed by atoms with E-state index >= 15 is 0 Å². The maximum atomic E-state index is 12.8. The predicted octanol–water partition coefficient (Wildman–Crippen LogP) is 6.75. The highest BCUT2D eigenvalue weighted by Crippen LogP contribution is 2.54. The lowest BCUT2D eigenvalue weighted by Gasteiger charge is -2.21. The predicted molar refractivity (Wildman–Crippen MR) is 118 cm³/mol. The van der Waals surface area contributed by atoms with E-state index in [1.807, 2.05) is 42.5 Å². The Morgan fingerprint density at radius 2 is 1.66 bits per heavy atom. The van der Waals surface area contributed by atoms with Gasteiger partial charge >= 0.3 is 6.18 Å². The topological polar surface area (TPSA) is 48.9 Å². The van der Waals surface area contributed by atoms with Gasteiger partial charge in [-0.25, -0.2) is 4.98 Å². The summed E-state index contributed by atoms with van der Waals surface area (Å²) in [5.41, 5.74) is 3.87. The maximum absolute atomic E-state index is 12.8. The van der Waals surface area contributed by atoms with Gasteiger partial charge in [0.15, 0.2) is 0 Å². The number of benzene rings is 3. The van der Waals surface area contributed by atoms with Gasteiger partial charge in [-0.3, -0.25) is 0 Å². The smallest absolute Gasteiger partial charge is 0.386 e. The van der Waals surface area contributed by atoms with E-state index in [2.05, 4.69) is 4.98 Å². The minimum absolute atomic E-state index is 0.172. The molecule has 0 spiro atoms. The van der Waals surface area contributed by atoms with Gasteiger partial charge in [0, 0.05) is 5.92 Å². The molecule has 0 bridgehead atoms. The van der Waals surface area contributed by atoms with Crippen molar-refractivity contribution in [2.45, 2.75) is 43.9 Å². The summed E-state index contributed by atoms with van der Waals surface area (Å²) in [7, 11) is 0. The van der Waals surface area contributed by atoms with Crippen LogP contribution in [0.15, 0.2) is 66.7 Å². The first-order valence-electron chi connectivity index (χ1n) is 10.6. The first kappa shape index (κ1) is 20.8. The van der Waals surface area contributed by atoms with Gasteiger partial charge in [-0.1, -0.05) is 42.5 Å². The third kappa shape index (κ3) is 3.79. The zero-order valence-electron chi connectivity index (χ0n) is 17.7. The fourth-order valence-corrected chi connectivity index (χ4v) is 4.43. The van der Waals surface area contributed by atoms with Gasteiger partial charge in [0.1, 0.15) is 5.82 Å². The molecule has 0 amide bonds. The van der Waals surface area contributed by atoms with Crippen molar-refractivity contribution in [2.24, 2.45) is 0 Å². The number of nitrogens with one attached hydrogen (secondary N) is 1. The number of imidazole rings is 1. The maximum Gasteiger partial charge on any atom is 0.416 e. The Bertz CT molecular complexity index is 1280. The van der Waals surface area contributed by atoms with E-state index in [1.165, 1.54) is 0 Å². The van der Waals surface area contributed by atoms with Crippen LogP contribution in [0.5, 0.6) is 0 Å². The summed E-state index contributed by atoms with van der Waals surface area (Å²) in [6.45, 7) is 3.54. The second-order valence-corrected chi connectivity index (χ2v) is 9.03. The summed E-state index contributed by atoms with van der Waals surface area (Å²) in [6, 6.07) is 19.2. The van der Waals surface area contributed by atoms with E-state index in [0.717, 1.165) is 57.7 Å². The van der Waals surface area contributed by atoms with Gasteiger partial charge < -0.3 is 10.1 Å². The molecule has 3 aromatic carbocycles. The molecule has 0 aliphatic heterocycles. The molecule has 4 aromatic rings. The molecule has 1 aliphatic carbocycles. The van der Waals surface area contributed by atoms with Crippen LogP contribution in [0.25, 0.3) is 22.2 Å². The molecule has 6 heteroatoms. The van der Waals surface area contributed by atoms with Crippen LogP contribution in [-0.4, -0.2) is 15.1 Å². The lowest BCUT2D eigenvalue weighted by atomic mass is 9.89. The van der Waals surface area contributed by atoms with Crippen molar-refractivity contribution in [1.82, 2.24) is 9.97 Å². The number of H-pyrrole nitrogens is 1. The number of nitrogens with zero attached hydrogens (tertiary/aromatic N) is 1. The fraction of sp³-hybridized carbons (Fsp3) is 0.269. The second kappa shape index (κ2) is 7.20. The zero-order valence-corrected chi connectivity index (χ0v) is 17.7. The van der Waals surface area contributed by atoms with Crippen LogP contribution in [-0.2, 0) is 11.8 Å². The van der Waals surface area contributed by atoms with Crippen LogP contribution in [0.2, 0.25) is 0 Å². The van der Waals surface area contributed by atoms with E-state index in [-0.39, 0.29) is 11.8 Å². The minimum atomic E-state index is -4.32. The molecule has 164 valence electrons. The van der Waals surface area contributed by atoms with Crippen LogP contribution in [0.3, 0.4) is 0 Å². The Hall–Kier alpha value is -3.12. The van der Waals surface area contributed by atoms with Gasteiger partial charge in [0.05, 0.1) is 22.2 Å². The summed E-state index contributed by atoms with van der Waals surface area (Å²) in [5, 5.41) is 10.5. The first-order chi connectivity index (χ1) is 15.1. The molecule has 32 heavy (non-hydrogen) atoms. The van der Waals surface area contributed by atoms with Gasteiger partial charge in [-0.15, -0.1) is 0 Å². The Kier molecular flexibility index (Phi) is 4.67. The highest BCUT2D eigenvalue weighted by atomic mass is 19.4. The minimum Gasteiger partial charge on any atom is -0.386 e. The Morgan fingerprint density at radius 3 is 2.34 bits per heavy atom. The normalized spacial score (nSPS) is 18.8. The van der Waals surface area contributed by atoms with Crippen molar-refractivity contribution in [3.63, 3.8) is 0 Å². The third-order valence-corrected chi connectivity index (χ3v) is 6.21. The van der Waals surface area contributed by atoms with E-state index in [1.54, 1.807) is 26.0 Å². The molecule has 0 radical (unpaired) electrons. The van der Waals surface area contributed by atoms with Gasteiger partial charge in [0.2, 0.25) is 0 Å². The molecule has 1 heterocycles. The number of halogens is 3. The van der Waals surface area contributed by atoms with Crippen LogP contribution in [0.1, 0.15) is 54.6 Å². The van der Waals surface area contributed by atoms with E-state index in [0.29, 0.717) is 0 Å². The molecule has 1 fully saturated rings. The number of alkyl halides is 3.